The number of hydrogen-bond acceptors (Lipinski definition) is 4. The molecule has 4 aromatic rings. The average molecular weight is 836 g/mol. The Labute approximate surface area is 309 Å². The molecule has 1 radical (unpaired) electrons. The van der Waals surface area contributed by atoms with Crippen molar-refractivity contribution in [2.75, 3.05) is 0 Å². The normalized spacial score (nSPS) is 11.9. The molecule has 5 heteroatoms. The fourth-order valence-corrected chi connectivity index (χ4v) is 6.11. The van der Waals surface area contributed by atoms with E-state index in [0.717, 1.165) is 59.9 Å². The van der Waals surface area contributed by atoms with Crippen molar-refractivity contribution in [3.8, 4) is 28.5 Å². The molecule has 0 bridgehead atoms. The van der Waals surface area contributed by atoms with Gasteiger partial charge >= 0.3 is 0 Å². The van der Waals surface area contributed by atoms with Crippen molar-refractivity contribution in [1.29, 1.82) is 5.26 Å². The quantitative estimate of drug-likeness (QED) is 0.0981. The third kappa shape index (κ3) is 11.5. The van der Waals surface area contributed by atoms with Crippen LogP contribution in [-0.2, 0) is 36.7 Å². The Kier molecular flexibility index (Phi) is 15.6. The molecular weight excluding hydrogens is 781 g/mol. The molecule has 0 spiro atoms. The van der Waals surface area contributed by atoms with Gasteiger partial charge in [0.25, 0.3) is 0 Å². The second-order valence-corrected chi connectivity index (χ2v) is 15.1. The molecule has 3 aromatic carbocycles. The Balaban J connectivity index is 0.000000444. The van der Waals surface area contributed by atoms with Gasteiger partial charge in [-0.3, -0.25) is 9.78 Å². The summed E-state index contributed by atoms with van der Waals surface area (Å²) in [5.41, 5.74) is 7.10. The summed E-state index contributed by atoms with van der Waals surface area (Å²) in [7, 11) is 0. The number of fused-ring (bicyclic) bond motifs is 1. The number of ketones is 1. The fraction of sp³-hybridized carbons (Fsp3) is 0.432. The maximum Gasteiger partial charge on any atom is 0.162 e. The Hall–Kier alpha value is -3.58. The predicted octanol–water partition coefficient (Wildman–Crippen LogP) is 12.0. The van der Waals surface area contributed by atoms with Crippen LogP contribution in [0.15, 0.2) is 78.7 Å². The molecule has 0 atom stereocenters. The van der Waals surface area contributed by atoms with E-state index in [1.807, 2.05) is 39.8 Å². The predicted molar refractivity (Wildman–Crippen MR) is 202 cm³/mol. The van der Waals surface area contributed by atoms with Crippen molar-refractivity contribution in [2.24, 2.45) is 17.3 Å². The van der Waals surface area contributed by atoms with Gasteiger partial charge in [-0.25, -0.2) is 0 Å². The molecule has 1 N–H and O–H groups in total. The number of hydrogen-bond donors (Lipinski definition) is 1. The van der Waals surface area contributed by atoms with Gasteiger partial charge in [-0.05, 0) is 59.6 Å². The molecule has 0 aliphatic heterocycles. The standard InChI is InChI=1S/C31H31N2.C13H24O2.Ir/c1-30(2,3)18-21-11-13-22(14-12-21)27-17-29(33-20-25(27)19-32)24-15-23-9-7-8-10-26(23)28(16-24)31(4,5)6;1-5-10(6-2)12(14)9-13(15)11(7-3)8-4;/h7-14,16-17,20H,18H2,1-6H3;9-11,14H,5-8H2,1-4H3;/q-1;;/b;12-9-;. The summed E-state index contributed by atoms with van der Waals surface area (Å²) in [5.74, 6) is 0.547. The monoisotopic (exact) mass is 836 g/mol. The van der Waals surface area contributed by atoms with E-state index in [2.05, 4.69) is 107 Å². The number of aliphatic hydroxyl groups excluding tert-OH is 1. The fourth-order valence-electron chi connectivity index (χ4n) is 6.11. The van der Waals surface area contributed by atoms with Crippen LogP contribution in [0.25, 0.3) is 33.2 Å². The van der Waals surface area contributed by atoms with E-state index < -0.39 is 0 Å². The minimum Gasteiger partial charge on any atom is -0.512 e. The van der Waals surface area contributed by atoms with E-state index in [9.17, 15) is 15.2 Å². The first kappa shape index (κ1) is 41.6. The van der Waals surface area contributed by atoms with Gasteiger partial charge < -0.3 is 5.11 Å². The Morgan fingerprint density at radius 2 is 1.49 bits per heavy atom. The van der Waals surface area contributed by atoms with E-state index in [1.165, 1.54) is 22.6 Å². The van der Waals surface area contributed by atoms with Crippen LogP contribution in [0.2, 0.25) is 0 Å². The maximum atomic E-state index is 11.7. The van der Waals surface area contributed by atoms with Gasteiger partial charge in [-0.2, -0.15) is 5.26 Å². The van der Waals surface area contributed by atoms with E-state index in [-0.39, 0.29) is 54.3 Å². The van der Waals surface area contributed by atoms with Gasteiger partial charge in [0.1, 0.15) is 6.07 Å². The van der Waals surface area contributed by atoms with E-state index in [1.54, 1.807) is 6.20 Å². The molecule has 0 aliphatic carbocycles. The van der Waals surface area contributed by atoms with Gasteiger partial charge in [0.2, 0.25) is 0 Å². The third-order valence-corrected chi connectivity index (χ3v) is 8.97. The molecule has 0 unspecified atom stereocenters. The second-order valence-electron chi connectivity index (χ2n) is 15.1. The molecule has 0 fully saturated rings. The van der Waals surface area contributed by atoms with E-state index >= 15 is 0 Å². The number of carbonyl (C=O) groups is 1. The smallest absolute Gasteiger partial charge is 0.162 e. The molecule has 0 amide bonds. The Morgan fingerprint density at radius 3 is 2.02 bits per heavy atom. The van der Waals surface area contributed by atoms with Crippen LogP contribution in [0.3, 0.4) is 0 Å². The number of nitrogens with zero attached hydrogens (tertiary/aromatic N) is 2. The first-order chi connectivity index (χ1) is 22.6. The van der Waals surface area contributed by atoms with E-state index in [4.69, 9.17) is 0 Å². The van der Waals surface area contributed by atoms with Crippen molar-refractivity contribution in [1.82, 2.24) is 4.98 Å². The van der Waals surface area contributed by atoms with Crippen LogP contribution < -0.4 is 0 Å². The van der Waals surface area contributed by atoms with Crippen molar-refractivity contribution >= 4 is 16.6 Å². The Bertz CT molecular complexity index is 1740. The third-order valence-electron chi connectivity index (χ3n) is 8.97. The summed E-state index contributed by atoms with van der Waals surface area (Å²) in [4.78, 5) is 16.4. The second kappa shape index (κ2) is 18.4. The number of nitriles is 1. The average Bonchev–Trinajstić information content (AvgIpc) is 3.04. The van der Waals surface area contributed by atoms with Gasteiger partial charge in [0.05, 0.1) is 11.3 Å². The summed E-state index contributed by atoms with van der Waals surface area (Å²) in [5, 5.41) is 21.8. The summed E-state index contributed by atoms with van der Waals surface area (Å²) in [6, 6.07) is 27.1. The number of aliphatic hydroxyl groups is 1. The maximum absolute atomic E-state index is 11.7. The summed E-state index contributed by atoms with van der Waals surface area (Å²) in [6.07, 6.45) is 7.61. The summed E-state index contributed by atoms with van der Waals surface area (Å²) >= 11 is 0. The molecule has 1 heterocycles. The molecule has 0 aliphatic rings. The zero-order valence-corrected chi connectivity index (χ0v) is 33.6. The minimum atomic E-state index is -0.0121. The van der Waals surface area contributed by atoms with Crippen molar-refractivity contribution < 1.29 is 30.0 Å². The molecule has 0 saturated carbocycles. The van der Waals surface area contributed by atoms with Gasteiger partial charge in [0, 0.05) is 49.9 Å². The van der Waals surface area contributed by atoms with Crippen LogP contribution in [0, 0.1) is 34.6 Å². The topological polar surface area (TPSA) is 74.0 Å². The van der Waals surface area contributed by atoms with Gasteiger partial charge in [-0.15, -0.1) is 29.1 Å². The first-order valence-corrected chi connectivity index (χ1v) is 17.5. The van der Waals surface area contributed by atoms with Gasteiger partial charge in [0.15, 0.2) is 5.78 Å². The van der Waals surface area contributed by atoms with Gasteiger partial charge in [-0.1, -0.05) is 129 Å². The van der Waals surface area contributed by atoms with Crippen LogP contribution in [0.1, 0.15) is 112 Å². The van der Waals surface area contributed by atoms with Crippen LogP contribution >= 0.6 is 0 Å². The zero-order chi connectivity index (χ0) is 35.6. The van der Waals surface area contributed by atoms with Crippen molar-refractivity contribution in [2.45, 2.75) is 107 Å². The molecule has 4 rings (SSSR count). The number of rotatable bonds is 10. The molecule has 4 nitrogen and oxygen atoms in total. The summed E-state index contributed by atoms with van der Waals surface area (Å²) in [6.45, 7) is 21.5. The molecule has 1 aromatic heterocycles. The molecular formula is C44H55IrN2O2-. The molecule has 49 heavy (non-hydrogen) atoms. The number of aromatic nitrogens is 1. The minimum absolute atomic E-state index is 0. The van der Waals surface area contributed by atoms with Crippen molar-refractivity contribution in [3.63, 3.8) is 0 Å². The van der Waals surface area contributed by atoms with Crippen LogP contribution in [0.4, 0.5) is 0 Å². The largest absolute Gasteiger partial charge is 0.512 e. The van der Waals surface area contributed by atoms with E-state index in [0.29, 0.717) is 5.56 Å². The van der Waals surface area contributed by atoms with Crippen LogP contribution in [-0.4, -0.2) is 15.9 Å². The first-order valence-electron chi connectivity index (χ1n) is 17.5. The molecule has 0 saturated heterocycles. The number of carbonyl (C=O) groups excluding carboxylic acids is 1. The number of pyridine rings is 1. The summed E-state index contributed by atoms with van der Waals surface area (Å²) < 4.78 is 0. The van der Waals surface area contributed by atoms with Crippen LogP contribution in [0.5, 0.6) is 0 Å². The SMILES string of the molecule is CC(C)(C)Cc1ccc(-c2cc(-c3[c-]c4ccccc4c(C(C)(C)C)c3)ncc2C#N)cc1.CCC(CC)C(=O)/C=C(\O)C(CC)CC.[Ir]. The number of allylic oxidation sites excluding steroid dienone is 2. The zero-order valence-electron chi connectivity index (χ0n) is 31.2. The number of benzene rings is 3. The Morgan fingerprint density at radius 1 is 0.898 bits per heavy atom. The van der Waals surface area contributed by atoms with Crippen molar-refractivity contribution in [3.05, 3.63) is 101 Å². The molecule has 263 valence electrons.